The van der Waals surface area contributed by atoms with Crippen molar-refractivity contribution in [2.24, 2.45) is 5.73 Å². The molecule has 3 N–H and O–H groups in total. The molecule has 2 rings (SSSR count). The Balaban J connectivity index is 2.22. The highest BCUT2D eigenvalue weighted by atomic mass is 32.2. The van der Waals surface area contributed by atoms with Crippen LogP contribution in [0.5, 0.6) is 5.75 Å². The number of primary amides is 1. The second-order valence-corrected chi connectivity index (χ2v) is 6.69. The van der Waals surface area contributed by atoms with Gasteiger partial charge >= 0.3 is 0 Å². The molecular weight excluding hydrogens is 320 g/mol. The van der Waals surface area contributed by atoms with E-state index in [0.29, 0.717) is 6.54 Å². The van der Waals surface area contributed by atoms with E-state index in [-0.39, 0.29) is 22.3 Å². The van der Waals surface area contributed by atoms with Gasteiger partial charge in [-0.25, -0.2) is 13.1 Å². The van der Waals surface area contributed by atoms with Gasteiger partial charge in [0.15, 0.2) is 0 Å². The third-order valence-electron chi connectivity index (χ3n) is 3.12. The first kappa shape index (κ1) is 17.0. The first-order valence-corrected chi connectivity index (χ1v) is 8.29. The molecule has 0 fully saturated rings. The Kier molecular flexibility index (Phi) is 5.02. The fraction of sp³-hybridized carbons (Fsp3) is 0.286. The summed E-state index contributed by atoms with van der Waals surface area (Å²) in [5.41, 5.74) is 5.26. The van der Waals surface area contributed by atoms with Crippen molar-refractivity contribution in [3.05, 3.63) is 42.2 Å². The zero-order valence-electron chi connectivity index (χ0n) is 12.8. The van der Waals surface area contributed by atoms with Gasteiger partial charge in [-0.05, 0) is 31.2 Å². The molecule has 1 atom stereocenters. The number of nitrogens with zero attached hydrogens (tertiary/aromatic N) is 2. The average Bonchev–Trinajstić information content (AvgIpc) is 2.98. The number of nitrogens with one attached hydrogen (secondary N) is 1. The molecule has 0 aliphatic carbocycles. The van der Waals surface area contributed by atoms with Gasteiger partial charge < -0.3 is 10.5 Å². The van der Waals surface area contributed by atoms with Crippen LogP contribution in [0, 0.1) is 0 Å². The third kappa shape index (κ3) is 4.08. The lowest BCUT2D eigenvalue weighted by Gasteiger charge is -2.15. The van der Waals surface area contributed by atoms with Gasteiger partial charge in [-0.1, -0.05) is 0 Å². The molecule has 0 unspecified atom stereocenters. The van der Waals surface area contributed by atoms with Crippen LogP contribution in [0.4, 0.5) is 0 Å². The van der Waals surface area contributed by atoms with Crippen LogP contribution in [0.3, 0.4) is 0 Å². The fourth-order valence-corrected chi connectivity index (χ4v) is 3.37. The molecule has 2 aromatic rings. The minimum absolute atomic E-state index is 0.00936. The molecule has 0 spiro atoms. The van der Waals surface area contributed by atoms with Crippen LogP contribution in [-0.4, -0.2) is 37.3 Å². The van der Waals surface area contributed by atoms with Crippen molar-refractivity contribution in [3.63, 3.8) is 0 Å². The smallest absolute Gasteiger partial charge is 0.252 e. The topological polar surface area (TPSA) is 116 Å². The summed E-state index contributed by atoms with van der Waals surface area (Å²) in [6, 6.07) is 5.31. The third-order valence-corrected chi connectivity index (χ3v) is 4.71. The van der Waals surface area contributed by atoms with Gasteiger partial charge in [0.25, 0.3) is 5.91 Å². The molecule has 9 heteroatoms. The molecule has 1 aromatic heterocycles. The lowest BCUT2D eigenvalue weighted by Crippen LogP contribution is -2.35. The van der Waals surface area contributed by atoms with E-state index in [1.807, 2.05) is 0 Å². The molecule has 0 saturated carbocycles. The number of carbonyl (C=O) groups is 1. The van der Waals surface area contributed by atoms with Crippen LogP contribution >= 0.6 is 0 Å². The molecule has 1 aromatic carbocycles. The van der Waals surface area contributed by atoms with Gasteiger partial charge in [0.05, 0.1) is 24.1 Å². The summed E-state index contributed by atoms with van der Waals surface area (Å²) in [5, 5.41) is 4.02. The summed E-state index contributed by atoms with van der Waals surface area (Å²) in [5.74, 6) is -0.537. The number of methoxy groups -OCH3 is 1. The van der Waals surface area contributed by atoms with Gasteiger partial charge in [-0.2, -0.15) is 5.10 Å². The normalized spacial score (nSPS) is 12.8. The van der Waals surface area contributed by atoms with Crippen LogP contribution < -0.4 is 15.2 Å². The molecule has 1 heterocycles. The van der Waals surface area contributed by atoms with Gasteiger partial charge in [-0.15, -0.1) is 0 Å². The second-order valence-electron chi connectivity index (χ2n) is 4.98. The minimum Gasteiger partial charge on any atom is -0.496 e. The first-order valence-electron chi connectivity index (χ1n) is 6.81. The number of sulfonamides is 1. The molecule has 0 aliphatic rings. The van der Waals surface area contributed by atoms with Crippen molar-refractivity contribution in [2.45, 2.75) is 24.4 Å². The molecule has 0 aliphatic heterocycles. The minimum atomic E-state index is -3.80. The summed E-state index contributed by atoms with van der Waals surface area (Å²) < 4.78 is 34.0. The molecule has 0 radical (unpaired) electrons. The van der Waals surface area contributed by atoms with E-state index in [1.165, 1.54) is 25.3 Å². The second kappa shape index (κ2) is 6.80. The molecule has 0 bridgehead atoms. The van der Waals surface area contributed by atoms with Crippen molar-refractivity contribution in [3.8, 4) is 5.75 Å². The Hall–Kier alpha value is -2.39. The lowest BCUT2D eigenvalue weighted by atomic mass is 10.2. The highest BCUT2D eigenvalue weighted by molar-refractivity contribution is 7.89. The maximum atomic E-state index is 12.4. The average molecular weight is 338 g/mol. The van der Waals surface area contributed by atoms with E-state index < -0.39 is 15.9 Å². The van der Waals surface area contributed by atoms with Gasteiger partial charge in [0, 0.05) is 18.4 Å². The molecule has 1 amide bonds. The van der Waals surface area contributed by atoms with Gasteiger partial charge in [0.2, 0.25) is 10.0 Å². The molecule has 23 heavy (non-hydrogen) atoms. The fourth-order valence-electron chi connectivity index (χ4n) is 2.11. The maximum absolute atomic E-state index is 12.4. The standard InChI is InChI=1S/C14H18N4O4S/c1-10(9-18-7-3-6-16-18)17-23(20,21)11-4-5-13(22-2)12(8-11)14(15)19/h3-8,10,17H,9H2,1-2H3,(H2,15,19)/t10-/m0/s1. The lowest BCUT2D eigenvalue weighted by molar-refractivity contribution is 0.0997. The van der Waals surface area contributed by atoms with Gasteiger partial charge in [0.1, 0.15) is 5.75 Å². The Morgan fingerprint density at radius 1 is 1.48 bits per heavy atom. The predicted octanol–water partition coefficient (Wildman–Crippen LogP) is 0.358. The van der Waals surface area contributed by atoms with E-state index in [0.717, 1.165) is 0 Å². The van der Waals surface area contributed by atoms with E-state index in [2.05, 4.69) is 9.82 Å². The first-order chi connectivity index (χ1) is 10.8. The number of ether oxygens (including phenoxy) is 1. The van der Waals surface area contributed by atoms with E-state index in [1.54, 1.807) is 30.1 Å². The molecule has 8 nitrogen and oxygen atoms in total. The van der Waals surface area contributed by atoms with E-state index in [9.17, 15) is 13.2 Å². The Bertz CT molecular complexity index is 787. The number of rotatable bonds is 7. The zero-order chi connectivity index (χ0) is 17.0. The van der Waals surface area contributed by atoms with Gasteiger partial charge in [-0.3, -0.25) is 9.48 Å². The van der Waals surface area contributed by atoms with Crippen LogP contribution in [0.1, 0.15) is 17.3 Å². The SMILES string of the molecule is COc1ccc(S(=O)(=O)N[C@@H](C)Cn2cccn2)cc1C(N)=O. The predicted molar refractivity (Wildman–Crippen MR) is 83.5 cm³/mol. The van der Waals surface area contributed by atoms with Crippen LogP contribution in [0.25, 0.3) is 0 Å². The number of benzene rings is 1. The van der Waals surface area contributed by atoms with E-state index in [4.69, 9.17) is 10.5 Å². The summed E-state index contributed by atoms with van der Waals surface area (Å²) in [7, 11) is -2.42. The van der Waals surface area contributed by atoms with Crippen LogP contribution in [-0.2, 0) is 16.6 Å². The zero-order valence-corrected chi connectivity index (χ0v) is 13.6. The van der Waals surface area contributed by atoms with Crippen molar-refractivity contribution in [1.82, 2.24) is 14.5 Å². The Morgan fingerprint density at radius 2 is 2.22 bits per heavy atom. The number of carbonyl (C=O) groups excluding carboxylic acids is 1. The summed E-state index contributed by atoms with van der Waals surface area (Å²) in [6.45, 7) is 2.10. The quantitative estimate of drug-likeness (QED) is 0.756. The van der Waals surface area contributed by atoms with Crippen molar-refractivity contribution < 1.29 is 17.9 Å². The number of nitrogens with two attached hydrogens (primary N) is 1. The molecular formula is C14H18N4O4S. The maximum Gasteiger partial charge on any atom is 0.252 e. The Labute approximate surface area is 134 Å². The van der Waals surface area contributed by atoms with Crippen LogP contribution in [0.2, 0.25) is 0 Å². The molecule has 0 saturated heterocycles. The Morgan fingerprint density at radius 3 is 2.78 bits per heavy atom. The van der Waals surface area contributed by atoms with Crippen molar-refractivity contribution in [1.29, 1.82) is 0 Å². The number of hydrogen-bond acceptors (Lipinski definition) is 5. The highest BCUT2D eigenvalue weighted by Crippen LogP contribution is 2.22. The van der Waals surface area contributed by atoms with Crippen LogP contribution in [0.15, 0.2) is 41.6 Å². The van der Waals surface area contributed by atoms with Crippen molar-refractivity contribution in [2.75, 3.05) is 7.11 Å². The summed E-state index contributed by atoms with van der Waals surface area (Å²) >= 11 is 0. The summed E-state index contributed by atoms with van der Waals surface area (Å²) in [6.07, 6.45) is 3.35. The van der Waals surface area contributed by atoms with Crippen molar-refractivity contribution >= 4 is 15.9 Å². The largest absolute Gasteiger partial charge is 0.496 e. The highest BCUT2D eigenvalue weighted by Gasteiger charge is 2.20. The number of aromatic nitrogens is 2. The monoisotopic (exact) mass is 338 g/mol. The number of hydrogen-bond donors (Lipinski definition) is 2. The summed E-state index contributed by atoms with van der Waals surface area (Å²) in [4.78, 5) is 11.4. The number of amides is 1. The van der Waals surface area contributed by atoms with E-state index >= 15 is 0 Å². The molecule has 124 valence electrons.